The number of fused-ring (bicyclic) bond motifs is 10. The SMILES string of the molecule is CCn1c2ccccc2c2cc(/C(c3ccc([N+](=O)[O-])cc3)=c3/cc4c(c5ccc(OC)cc35)=[N+](CC)c3ccccc3-4)c3cc(OC)ccc3c21. The Labute approximate surface area is 300 Å². The highest BCUT2D eigenvalue weighted by molar-refractivity contribution is 6.21. The van der Waals surface area contributed by atoms with Crippen LogP contribution in [0.1, 0.15) is 25.0 Å². The summed E-state index contributed by atoms with van der Waals surface area (Å²) < 4.78 is 16.5. The number of non-ortho nitro benzene ring substituents is 1. The van der Waals surface area contributed by atoms with E-state index in [9.17, 15) is 10.1 Å². The van der Waals surface area contributed by atoms with Crippen LogP contribution in [-0.4, -0.2) is 30.3 Å². The Bertz CT molecular complexity index is 2920. The quantitative estimate of drug-likeness (QED) is 0.0956. The minimum absolute atomic E-state index is 0.0455. The molecule has 0 bridgehead atoms. The van der Waals surface area contributed by atoms with Gasteiger partial charge in [0, 0.05) is 46.4 Å². The summed E-state index contributed by atoms with van der Waals surface area (Å²) in [5.74, 6) is 1.51. The molecule has 7 heteroatoms. The molecule has 8 aromatic rings. The van der Waals surface area contributed by atoms with Crippen molar-refractivity contribution in [2.75, 3.05) is 20.8 Å². The molecule has 0 unspecified atom stereocenters. The first kappa shape index (κ1) is 31.5. The monoisotopic (exact) mass is 682 g/mol. The fraction of sp³-hybridized carbons (Fsp3) is 0.133. The molecule has 0 amide bonds. The molecule has 1 aliphatic rings. The van der Waals surface area contributed by atoms with Crippen molar-refractivity contribution in [1.82, 2.24) is 9.14 Å². The van der Waals surface area contributed by atoms with Crippen LogP contribution in [-0.2, 0) is 6.54 Å². The van der Waals surface area contributed by atoms with Crippen molar-refractivity contribution in [3.05, 3.63) is 153 Å². The van der Waals surface area contributed by atoms with Gasteiger partial charge in [-0.2, -0.15) is 4.58 Å². The molecule has 0 radical (unpaired) electrons. The third-order valence-electron chi connectivity index (χ3n) is 10.7. The van der Waals surface area contributed by atoms with Crippen molar-refractivity contribution in [1.29, 1.82) is 0 Å². The number of benzene rings is 7. The van der Waals surface area contributed by atoms with E-state index >= 15 is 0 Å². The number of nitrogens with zero attached hydrogens (tertiary/aromatic N) is 3. The van der Waals surface area contributed by atoms with Gasteiger partial charge in [0.1, 0.15) is 18.0 Å². The molecule has 1 aromatic heterocycles. The number of hydrogen-bond donors (Lipinski definition) is 0. The number of nitro groups is 1. The van der Waals surface area contributed by atoms with E-state index in [-0.39, 0.29) is 10.6 Å². The highest BCUT2D eigenvalue weighted by Crippen LogP contribution is 2.41. The van der Waals surface area contributed by atoms with Crippen molar-refractivity contribution >= 4 is 60.3 Å². The summed E-state index contributed by atoms with van der Waals surface area (Å²) >= 11 is 0. The Balaban J connectivity index is 1.56. The minimum atomic E-state index is -0.346. The summed E-state index contributed by atoms with van der Waals surface area (Å²) in [6.45, 7) is 5.99. The summed E-state index contributed by atoms with van der Waals surface area (Å²) in [5.41, 5.74) is 8.74. The molecule has 2 heterocycles. The second-order valence-electron chi connectivity index (χ2n) is 13.2. The maximum atomic E-state index is 11.9. The maximum absolute atomic E-state index is 11.9. The summed E-state index contributed by atoms with van der Waals surface area (Å²) in [5, 5.41) is 20.7. The average Bonchev–Trinajstić information content (AvgIpc) is 3.69. The molecular formula is C45H36N3O4+. The first-order chi connectivity index (χ1) is 25.4. The molecule has 0 saturated heterocycles. The van der Waals surface area contributed by atoms with Gasteiger partial charge >= 0.3 is 0 Å². The van der Waals surface area contributed by atoms with Gasteiger partial charge in [0.2, 0.25) is 11.0 Å². The van der Waals surface area contributed by atoms with Crippen LogP contribution >= 0.6 is 0 Å². The van der Waals surface area contributed by atoms with Gasteiger partial charge in [0.15, 0.2) is 0 Å². The molecule has 0 atom stereocenters. The summed E-state index contributed by atoms with van der Waals surface area (Å²) in [6, 6.07) is 41.4. The lowest BCUT2D eigenvalue weighted by Gasteiger charge is -2.17. The van der Waals surface area contributed by atoms with Gasteiger partial charge in [0.25, 0.3) is 5.69 Å². The molecule has 0 fully saturated rings. The average molecular weight is 683 g/mol. The van der Waals surface area contributed by atoms with Crippen molar-refractivity contribution in [3.63, 3.8) is 0 Å². The topological polar surface area (TPSA) is 69.5 Å². The Morgan fingerprint density at radius 1 is 0.692 bits per heavy atom. The molecule has 0 saturated carbocycles. The predicted molar refractivity (Wildman–Crippen MR) is 211 cm³/mol. The maximum Gasteiger partial charge on any atom is 0.269 e. The molecule has 0 spiro atoms. The standard InChI is InChI=1S/C45H36N3O4/c1-5-46-41-13-9-7-11-31(41)39-25-37(35-23-29(51-3)19-21-33(35)44(39)46)43(27-15-17-28(18-16-27)48(49)50)38-26-40-32-12-8-10-14-42(32)47(6-2)45(40)34-22-20-30(52-4)24-36(34)38/h7-26H,5-6H2,1-4H3/q+1. The van der Waals surface area contributed by atoms with Crippen molar-refractivity contribution in [2.24, 2.45) is 0 Å². The normalized spacial score (nSPS) is 12.8. The molecule has 52 heavy (non-hydrogen) atoms. The van der Waals surface area contributed by atoms with Crippen LogP contribution in [0.4, 0.5) is 11.4 Å². The first-order valence-electron chi connectivity index (χ1n) is 17.6. The van der Waals surface area contributed by atoms with Crippen molar-refractivity contribution in [2.45, 2.75) is 20.4 Å². The number of aryl methyl sites for hydroxylation is 1. The number of nitro benzene ring substituents is 1. The van der Waals surface area contributed by atoms with Gasteiger partial charge in [-0.1, -0.05) is 30.3 Å². The zero-order valence-corrected chi connectivity index (χ0v) is 29.4. The molecule has 9 rings (SSSR count). The van der Waals surface area contributed by atoms with E-state index in [1.807, 2.05) is 24.3 Å². The molecule has 0 aliphatic carbocycles. The van der Waals surface area contributed by atoms with Crippen LogP contribution in [0.15, 0.2) is 121 Å². The lowest BCUT2D eigenvalue weighted by molar-refractivity contribution is -0.384. The van der Waals surface area contributed by atoms with Crippen molar-refractivity contribution in [3.8, 4) is 22.6 Å². The van der Waals surface area contributed by atoms with Crippen LogP contribution in [0, 0.1) is 10.1 Å². The second-order valence-corrected chi connectivity index (χ2v) is 13.2. The zero-order chi connectivity index (χ0) is 35.7. The number of rotatable bonds is 7. The Kier molecular flexibility index (Phi) is 7.33. The Morgan fingerprint density at radius 3 is 2.10 bits per heavy atom. The zero-order valence-electron chi connectivity index (χ0n) is 29.4. The lowest BCUT2D eigenvalue weighted by Crippen LogP contribution is -2.26. The second kappa shape index (κ2) is 12.1. The molecule has 7 nitrogen and oxygen atoms in total. The predicted octanol–water partition coefficient (Wildman–Crippen LogP) is 9.12. The largest absolute Gasteiger partial charge is 0.497 e. The van der Waals surface area contributed by atoms with Gasteiger partial charge in [-0.05, 0) is 119 Å². The van der Waals surface area contributed by atoms with Crippen LogP contribution in [0.3, 0.4) is 0 Å². The first-order valence-corrected chi connectivity index (χ1v) is 17.6. The number of aromatic nitrogens is 1. The van der Waals surface area contributed by atoms with E-state index < -0.39 is 0 Å². The smallest absolute Gasteiger partial charge is 0.269 e. The molecule has 7 aromatic carbocycles. The summed E-state index contributed by atoms with van der Waals surface area (Å²) in [7, 11) is 3.39. The van der Waals surface area contributed by atoms with Gasteiger partial charge in [0.05, 0.1) is 41.2 Å². The van der Waals surface area contributed by atoms with E-state index in [1.54, 1.807) is 26.4 Å². The number of methoxy groups -OCH3 is 2. The van der Waals surface area contributed by atoms with Crippen LogP contribution in [0.25, 0.3) is 60.1 Å². The molecule has 1 aliphatic heterocycles. The van der Waals surface area contributed by atoms with Crippen molar-refractivity contribution < 1.29 is 14.4 Å². The van der Waals surface area contributed by atoms with E-state index in [1.165, 1.54) is 33.0 Å². The van der Waals surface area contributed by atoms with E-state index in [0.717, 1.165) is 79.0 Å². The highest BCUT2D eigenvalue weighted by atomic mass is 16.6. The van der Waals surface area contributed by atoms with E-state index in [0.29, 0.717) is 0 Å². The van der Waals surface area contributed by atoms with Crippen LogP contribution in [0.2, 0.25) is 0 Å². The van der Waals surface area contributed by atoms with E-state index in [2.05, 4.69) is 108 Å². The fourth-order valence-corrected chi connectivity index (χ4v) is 8.41. The van der Waals surface area contributed by atoms with Gasteiger partial charge in [-0.3, -0.25) is 10.1 Å². The van der Waals surface area contributed by atoms with E-state index in [4.69, 9.17) is 9.47 Å². The highest BCUT2D eigenvalue weighted by Gasteiger charge is 2.29. The fourth-order valence-electron chi connectivity index (χ4n) is 8.41. The van der Waals surface area contributed by atoms with Gasteiger partial charge in [-0.25, -0.2) is 0 Å². The van der Waals surface area contributed by atoms with Gasteiger partial charge < -0.3 is 14.0 Å². The molecule has 254 valence electrons. The number of ether oxygens (including phenoxy) is 2. The molecule has 0 N–H and O–H groups in total. The van der Waals surface area contributed by atoms with Gasteiger partial charge in [-0.15, -0.1) is 0 Å². The Hall–Kier alpha value is -6.47. The third-order valence-corrected chi connectivity index (χ3v) is 10.7. The Morgan fingerprint density at radius 2 is 1.38 bits per heavy atom. The third kappa shape index (κ3) is 4.55. The molecular weight excluding hydrogens is 647 g/mol. The van der Waals surface area contributed by atoms with Crippen LogP contribution in [0.5, 0.6) is 11.5 Å². The number of para-hydroxylation sites is 2. The summed E-state index contributed by atoms with van der Waals surface area (Å²) in [4.78, 5) is 11.5. The lowest BCUT2D eigenvalue weighted by atomic mass is 9.87. The minimum Gasteiger partial charge on any atom is -0.497 e. The van der Waals surface area contributed by atoms with Crippen LogP contribution < -0.4 is 24.6 Å². The number of hydrogen-bond acceptors (Lipinski definition) is 4. The summed E-state index contributed by atoms with van der Waals surface area (Å²) in [6.07, 6.45) is 0.